The number of hydrogen-bond acceptors (Lipinski definition) is 8. The Balaban J connectivity index is 2.86. The zero-order chi connectivity index (χ0) is 16.2. The number of nitrogens with one attached hydrogen (secondary N) is 1. The van der Waals surface area contributed by atoms with Gasteiger partial charge in [0.05, 0.1) is 0 Å². The molecular weight excluding hydrogens is 286 g/mol. The smallest absolute Gasteiger partial charge is 0.303 e. The molecule has 0 spiro atoms. The van der Waals surface area contributed by atoms with Gasteiger partial charge in [0.1, 0.15) is 24.9 Å². The van der Waals surface area contributed by atoms with Crippen LogP contribution in [0.2, 0.25) is 0 Å². The summed E-state index contributed by atoms with van der Waals surface area (Å²) in [7, 11) is 0. The second-order valence-electron chi connectivity index (χ2n) is 4.66. The minimum absolute atomic E-state index is 0.311. The van der Waals surface area contributed by atoms with Crippen LogP contribution in [-0.4, -0.2) is 65.3 Å². The van der Waals surface area contributed by atoms with E-state index in [0.717, 1.165) is 6.92 Å². The zero-order valence-corrected chi connectivity index (χ0v) is 11.9. The lowest BCUT2D eigenvalue weighted by Crippen LogP contribution is -2.65. The van der Waals surface area contributed by atoms with Crippen molar-refractivity contribution < 1.29 is 38.8 Å². The van der Waals surface area contributed by atoms with Crippen molar-refractivity contribution in [1.82, 2.24) is 5.32 Å². The number of amides is 1. The minimum atomic E-state index is -1.53. The maximum atomic E-state index is 11.1. The number of carbonyl (C=O) groups is 3. The summed E-state index contributed by atoms with van der Waals surface area (Å²) in [6, 6.07) is -1.17. The molecule has 2 unspecified atom stereocenters. The third kappa shape index (κ3) is 4.96. The summed E-state index contributed by atoms with van der Waals surface area (Å²) >= 11 is 0. The molecule has 0 bridgehead atoms. The Morgan fingerprint density at radius 3 is 2.24 bits per heavy atom. The Morgan fingerprint density at radius 1 is 1.14 bits per heavy atom. The molecule has 1 aliphatic heterocycles. The van der Waals surface area contributed by atoms with Gasteiger partial charge in [0.2, 0.25) is 5.91 Å². The normalized spacial score (nSPS) is 32.1. The molecule has 1 rings (SSSR count). The van der Waals surface area contributed by atoms with Gasteiger partial charge in [-0.15, -0.1) is 0 Å². The standard InChI is InChI=1S/C12H19NO8/c1-5(14)13-9-10(17)11(20-7(3)16)8(21-12(9)18)4-19-6(2)15/h8-12,17-18H,4H2,1-3H3,(H,13,14)/t8?,9-,10?,11+,12+/m0/s1. The lowest BCUT2D eigenvalue weighted by molar-refractivity contribution is -0.260. The first kappa shape index (κ1) is 17.3. The van der Waals surface area contributed by atoms with Gasteiger partial charge in [-0.25, -0.2) is 0 Å². The van der Waals surface area contributed by atoms with E-state index < -0.39 is 48.5 Å². The molecule has 5 atom stereocenters. The second-order valence-corrected chi connectivity index (χ2v) is 4.66. The van der Waals surface area contributed by atoms with E-state index in [1.54, 1.807) is 0 Å². The minimum Gasteiger partial charge on any atom is -0.463 e. The highest BCUT2D eigenvalue weighted by atomic mass is 16.7. The van der Waals surface area contributed by atoms with Gasteiger partial charge in [0.25, 0.3) is 0 Å². The SMILES string of the molecule is CC(=O)N[C@H]1C(O)[C@H](OC(C)=O)C(COC(C)=O)O[C@H]1O. The molecule has 1 aliphatic rings. The number of aliphatic hydroxyl groups is 2. The van der Waals surface area contributed by atoms with Gasteiger partial charge in [0.15, 0.2) is 12.4 Å². The maximum Gasteiger partial charge on any atom is 0.303 e. The molecule has 1 heterocycles. The fourth-order valence-electron chi connectivity index (χ4n) is 2.00. The number of ether oxygens (including phenoxy) is 3. The first-order valence-corrected chi connectivity index (χ1v) is 6.31. The highest BCUT2D eigenvalue weighted by molar-refractivity contribution is 5.73. The average molecular weight is 305 g/mol. The quantitative estimate of drug-likeness (QED) is 0.511. The van der Waals surface area contributed by atoms with E-state index in [-0.39, 0.29) is 6.61 Å². The van der Waals surface area contributed by atoms with E-state index >= 15 is 0 Å². The number of hydrogen-bond donors (Lipinski definition) is 3. The Morgan fingerprint density at radius 2 is 1.76 bits per heavy atom. The van der Waals surface area contributed by atoms with Gasteiger partial charge >= 0.3 is 11.9 Å². The van der Waals surface area contributed by atoms with Gasteiger partial charge < -0.3 is 29.7 Å². The first-order chi connectivity index (χ1) is 9.72. The molecule has 1 saturated heterocycles. The average Bonchev–Trinajstić information content (AvgIpc) is 2.35. The van der Waals surface area contributed by atoms with Crippen LogP contribution in [0.3, 0.4) is 0 Å². The van der Waals surface area contributed by atoms with Crippen molar-refractivity contribution in [2.24, 2.45) is 0 Å². The summed E-state index contributed by atoms with van der Waals surface area (Å²) in [5, 5.41) is 22.3. The molecule has 0 aliphatic carbocycles. The van der Waals surface area contributed by atoms with Crippen molar-refractivity contribution in [3.05, 3.63) is 0 Å². The van der Waals surface area contributed by atoms with Gasteiger partial charge in [-0.3, -0.25) is 14.4 Å². The molecule has 0 saturated carbocycles. The fourth-order valence-corrected chi connectivity index (χ4v) is 2.00. The molecule has 3 N–H and O–H groups in total. The van der Waals surface area contributed by atoms with Crippen molar-refractivity contribution in [1.29, 1.82) is 0 Å². The summed E-state index contributed by atoms with van der Waals surface area (Å²) < 4.78 is 14.8. The van der Waals surface area contributed by atoms with Crippen LogP contribution in [0.4, 0.5) is 0 Å². The molecule has 0 aromatic rings. The molecule has 1 fully saturated rings. The molecule has 0 aromatic carbocycles. The molecule has 0 aromatic heterocycles. The Kier molecular flexibility index (Phi) is 6.06. The van der Waals surface area contributed by atoms with Crippen molar-refractivity contribution >= 4 is 17.8 Å². The fraction of sp³-hybridized carbons (Fsp3) is 0.750. The molecule has 1 amide bonds. The van der Waals surface area contributed by atoms with Crippen LogP contribution in [0, 0.1) is 0 Å². The van der Waals surface area contributed by atoms with Gasteiger partial charge in [-0.05, 0) is 0 Å². The summed E-state index contributed by atoms with van der Waals surface area (Å²) in [6.07, 6.45) is -5.19. The maximum absolute atomic E-state index is 11.1. The summed E-state index contributed by atoms with van der Waals surface area (Å²) in [6.45, 7) is 3.20. The van der Waals surface area contributed by atoms with Crippen LogP contribution in [0.25, 0.3) is 0 Å². The topological polar surface area (TPSA) is 131 Å². The van der Waals surface area contributed by atoms with Crippen LogP contribution in [0.5, 0.6) is 0 Å². The Hall–Kier alpha value is -1.71. The highest BCUT2D eigenvalue weighted by Gasteiger charge is 2.47. The predicted molar refractivity (Wildman–Crippen MR) is 66.7 cm³/mol. The van der Waals surface area contributed by atoms with E-state index in [4.69, 9.17) is 14.2 Å². The summed E-state index contributed by atoms with van der Waals surface area (Å²) in [5.74, 6) is -1.77. The lowest BCUT2D eigenvalue weighted by atomic mass is 9.96. The summed E-state index contributed by atoms with van der Waals surface area (Å²) in [4.78, 5) is 33.0. The summed E-state index contributed by atoms with van der Waals surface area (Å²) in [5.41, 5.74) is 0. The monoisotopic (exact) mass is 305 g/mol. The van der Waals surface area contributed by atoms with E-state index in [1.807, 2.05) is 0 Å². The number of carbonyl (C=O) groups excluding carboxylic acids is 3. The zero-order valence-electron chi connectivity index (χ0n) is 11.9. The van der Waals surface area contributed by atoms with Crippen molar-refractivity contribution in [2.75, 3.05) is 6.61 Å². The molecular formula is C12H19NO8. The second kappa shape index (κ2) is 7.34. The number of rotatable bonds is 4. The van der Waals surface area contributed by atoms with Crippen LogP contribution in [-0.2, 0) is 28.6 Å². The van der Waals surface area contributed by atoms with Crippen LogP contribution < -0.4 is 5.32 Å². The molecule has 9 nitrogen and oxygen atoms in total. The van der Waals surface area contributed by atoms with Crippen molar-refractivity contribution in [2.45, 2.75) is 51.4 Å². The van der Waals surface area contributed by atoms with E-state index in [2.05, 4.69) is 5.32 Å². The van der Waals surface area contributed by atoms with Gasteiger partial charge in [0, 0.05) is 20.8 Å². The Labute approximate surface area is 121 Å². The van der Waals surface area contributed by atoms with Gasteiger partial charge in [-0.2, -0.15) is 0 Å². The lowest BCUT2D eigenvalue weighted by Gasteiger charge is -2.41. The van der Waals surface area contributed by atoms with E-state index in [1.165, 1.54) is 13.8 Å². The third-order valence-electron chi connectivity index (χ3n) is 2.82. The number of esters is 2. The van der Waals surface area contributed by atoms with Crippen LogP contribution in [0.1, 0.15) is 20.8 Å². The predicted octanol–water partition coefficient (Wildman–Crippen LogP) is -1.94. The first-order valence-electron chi connectivity index (χ1n) is 6.31. The van der Waals surface area contributed by atoms with Crippen LogP contribution in [0.15, 0.2) is 0 Å². The van der Waals surface area contributed by atoms with Crippen LogP contribution >= 0.6 is 0 Å². The molecule has 9 heteroatoms. The molecule has 120 valence electrons. The van der Waals surface area contributed by atoms with E-state index in [0.29, 0.717) is 0 Å². The highest BCUT2D eigenvalue weighted by Crippen LogP contribution is 2.23. The Bertz CT molecular complexity index is 410. The van der Waals surface area contributed by atoms with Crippen molar-refractivity contribution in [3.63, 3.8) is 0 Å². The largest absolute Gasteiger partial charge is 0.463 e. The molecule has 21 heavy (non-hydrogen) atoms. The van der Waals surface area contributed by atoms with Gasteiger partial charge in [-0.1, -0.05) is 0 Å². The third-order valence-corrected chi connectivity index (χ3v) is 2.82. The molecule has 0 radical (unpaired) electrons. The van der Waals surface area contributed by atoms with E-state index in [9.17, 15) is 24.6 Å². The van der Waals surface area contributed by atoms with Crippen molar-refractivity contribution in [3.8, 4) is 0 Å². The number of aliphatic hydroxyl groups excluding tert-OH is 2.